The number of ether oxygens (including phenoxy) is 3. The maximum atomic E-state index is 12.7. The van der Waals surface area contributed by atoms with E-state index in [9.17, 15) is 9.59 Å². The first-order chi connectivity index (χ1) is 14.5. The molecule has 1 aliphatic rings. The van der Waals surface area contributed by atoms with E-state index in [1.807, 2.05) is 24.3 Å². The number of hydrogen-bond donors (Lipinski definition) is 0. The molecule has 0 atom stereocenters. The molecule has 1 aliphatic heterocycles. The van der Waals surface area contributed by atoms with Crippen molar-refractivity contribution in [3.8, 4) is 17.2 Å². The highest BCUT2D eigenvalue weighted by Crippen LogP contribution is 2.35. The average Bonchev–Trinajstić information content (AvgIpc) is 3.07. The minimum absolute atomic E-state index is 0.113. The maximum Gasteiger partial charge on any atom is 0.231 e. The standard InChI is InChI=1S/C24H17BrO5/c1-28-21-5-3-2-4-16(21)12-23-24(27)19-11-10-18(13-22(19)30-23)29-14-20(26)15-6-8-17(25)9-7-15/h2-13H,14H2,1H3/b23-12-. The lowest BCUT2D eigenvalue weighted by molar-refractivity contribution is 0.0921. The average molecular weight is 465 g/mol. The summed E-state index contributed by atoms with van der Waals surface area (Å²) in [5.74, 6) is 1.34. The molecule has 0 aromatic heterocycles. The van der Waals surface area contributed by atoms with Crippen molar-refractivity contribution in [2.24, 2.45) is 0 Å². The molecule has 0 unspecified atom stereocenters. The number of carbonyl (C=O) groups is 2. The third-order valence-corrected chi connectivity index (χ3v) is 5.13. The highest BCUT2D eigenvalue weighted by atomic mass is 79.9. The number of methoxy groups -OCH3 is 1. The van der Waals surface area contributed by atoms with Gasteiger partial charge in [0.05, 0.1) is 12.7 Å². The van der Waals surface area contributed by atoms with E-state index in [0.717, 1.165) is 10.0 Å². The molecular weight excluding hydrogens is 448 g/mol. The van der Waals surface area contributed by atoms with Crippen LogP contribution in [0.4, 0.5) is 0 Å². The zero-order valence-corrected chi connectivity index (χ0v) is 17.6. The van der Waals surface area contributed by atoms with Gasteiger partial charge in [0.25, 0.3) is 0 Å². The lowest BCUT2D eigenvalue weighted by Crippen LogP contribution is -2.11. The van der Waals surface area contributed by atoms with Crippen LogP contribution >= 0.6 is 15.9 Å². The van der Waals surface area contributed by atoms with Crippen molar-refractivity contribution in [1.82, 2.24) is 0 Å². The second-order valence-corrected chi connectivity index (χ2v) is 7.47. The zero-order valence-electron chi connectivity index (χ0n) is 16.1. The molecular formula is C24H17BrO5. The molecule has 150 valence electrons. The first-order valence-electron chi connectivity index (χ1n) is 9.18. The number of Topliss-reactive ketones (excluding diaryl/α,β-unsaturated/α-hetero) is 2. The summed E-state index contributed by atoms with van der Waals surface area (Å²) in [4.78, 5) is 24.9. The molecule has 0 aliphatic carbocycles. The third kappa shape index (κ3) is 4.14. The van der Waals surface area contributed by atoms with Crippen LogP contribution in [0.25, 0.3) is 6.08 Å². The van der Waals surface area contributed by atoms with E-state index < -0.39 is 0 Å². The highest BCUT2D eigenvalue weighted by molar-refractivity contribution is 9.10. The smallest absolute Gasteiger partial charge is 0.231 e. The van der Waals surface area contributed by atoms with E-state index in [-0.39, 0.29) is 23.9 Å². The summed E-state index contributed by atoms with van der Waals surface area (Å²) in [6, 6.07) is 19.3. The molecule has 0 radical (unpaired) electrons. The van der Waals surface area contributed by atoms with Gasteiger partial charge in [-0.3, -0.25) is 9.59 Å². The van der Waals surface area contributed by atoms with Gasteiger partial charge in [-0.15, -0.1) is 0 Å². The summed E-state index contributed by atoms with van der Waals surface area (Å²) in [7, 11) is 1.57. The fourth-order valence-corrected chi connectivity index (χ4v) is 3.32. The number of ketones is 2. The molecule has 6 heteroatoms. The number of rotatable bonds is 6. The number of fused-ring (bicyclic) bond motifs is 1. The van der Waals surface area contributed by atoms with Crippen LogP contribution in [0, 0.1) is 0 Å². The van der Waals surface area contributed by atoms with Crippen LogP contribution in [-0.4, -0.2) is 25.3 Å². The molecule has 0 saturated heterocycles. The fraction of sp³-hybridized carbons (Fsp3) is 0.0833. The van der Waals surface area contributed by atoms with Crippen molar-refractivity contribution in [1.29, 1.82) is 0 Å². The maximum absolute atomic E-state index is 12.7. The molecule has 3 aromatic carbocycles. The molecule has 3 aromatic rings. The normalized spacial score (nSPS) is 13.7. The van der Waals surface area contributed by atoms with E-state index >= 15 is 0 Å². The van der Waals surface area contributed by atoms with Gasteiger partial charge in [0.1, 0.15) is 17.2 Å². The van der Waals surface area contributed by atoms with Gasteiger partial charge < -0.3 is 14.2 Å². The number of hydrogen-bond acceptors (Lipinski definition) is 5. The van der Waals surface area contributed by atoms with Gasteiger partial charge in [0.15, 0.2) is 18.1 Å². The monoisotopic (exact) mass is 464 g/mol. The Labute approximate surface area is 182 Å². The summed E-state index contributed by atoms with van der Waals surface area (Å²) in [6.07, 6.45) is 1.65. The van der Waals surface area contributed by atoms with Crippen molar-refractivity contribution < 1.29 is 23.8 Å². The van der Waals surface area contributed by atoms with Crippen molar-refractivity contribution in [3.63, 3.8) is 0 Å². The summed E-state index contributed by atoms with van der Waals surface area (Å²) in [5.41, 5.74) is 1.75. The van der Waals surface area contributed by atoms with Crippen LogP contribution in [0.3, 0.4) is 0 Å². The summed E-state index contributed by atoms with van der Waals surface area (Å²) in [5, 5.41) is 0. The first kappa shape index (κ1) is 19.9. The van der Waals surface area contributed by atoms with Crippen LogP contribution in [0.1, 0.15) is 26.3 Å². The van der Waals surface area contributed by atoms with Crippen LogP contribution in [0.2, 0.25) is 0 Å². The highest BCUT2D eigenvalue weighted by Gasteiger charge is 2.28. The van der Waals surface area contributed by atoms with Crippen LogP contribution in [-0.2, 0) is 0 Å². The topological polar surface area (TPSA) is 61.8 Å². The summed E-state index contributed by atoms with van der Waals surface area (Å²) >= 11 is 3.34. The Morgan fingerprint density at radius 1 is 1.07 bits per heavy atom. The van der Waals surface area contributed by atoms with E-state index in [2.05, 4.69) is 15.9 Å². The van der Waals surface area contributed by atoms with Crippen molar-refractivity contribution in [2.45, 2.75) is 0 Å². The SMILES string of the molecule is COc1ccccc1/C=C1\Oc2cc(OCC(=O)c3ccc(Br)cc3)ccc2C1=O. The molecule has 0 fully saturated rings. The number of carbonyl (C=O) groups excluding carboxylic acids is 2. The molecule has 30 heavy (non-hydrogen) atoms. The van der Waals surface area contributed by atoms with Gasteiger partial charge in [-0.25, -0.2) is 0 Å². The first-order valence-corrected chi connectivity index (χ1v) is 9.97. The van der Waals surface area contributed by atoms with Gasteiger partial charge in [0.2, 0.25) is 5.78 Å². The molecule has 0 bridgehead atoms. The van der Waals surface area contributed by atoms with E-state index in [4.69, 9.17) is 14.2 Å². The quantitative estimate of drug-likeness (QED) is 0.364. The second kappa shape index (κ2) is 8.55. The summed E-state index contributed by atoms with van der Waals surface area (Å²) < 4.78 is 17.6. The molecule has 4 rings (SSSR count). The number of benzene rings is 3. The van der Waals surface area contributed by atoms with Crippen LogP contribution < -0.4 is 14.2 Å². The predicted molar refractivity (Wildman–Crippen MR) is 116 cm³/mol. The zero-order chi connectivity index (χ0) is 21.1. The Bertz CT molecular complexity index is 1150. The van der Waals surface area contributed by atoms with E-state index in [1.54, 1.807) is 55.7 Å². The molecule has 0 N–H and O–H groups in total. The molecule has 0 saturated carbocycles. The minimum Gasteiger partial charge on any atom is -0.496 e. The predicted octanol–water partition coefficient (Wildman–Crippen LogP) is 5.34. The fourth-order valence-electron chi connectivity index (χ4n) is 3.05. The lowest BCUT2D eigenvalue weighted by atomic mass is 10.1. The molecule has 5 nitrogen and oxygen atoms in total. The van der Waals surface area contributed by atoms with Crippen molar-refractivity contribution in [2.75, 3.05) is 13.7 Å². The Morgan fingerprint density at radius 2 is 1.83 bits per heavy atom. The lowest BCUT2D eigenvalue weighted by Gasteiger charge is -2.07. The van der Waals surface area contributed by atoms with Gasteiger partial charge in [-0.1, -0.05) is 46.3 Å². The number of para-hydroxylation sites is 1. The minimum atomic E-state index is -0.214. The molecule has 0 spiro atoms. The Balaban J connectivity index is 1.49. The molecule has 0 amide bonds. The van der Waals surface area contributed by atoms with Crippen LogP contribution in [0.15, 0.2) is 77.0 Å². The van der Waals surface area contributed by atoms with Crippen molar-refractivity contribution in [3.05, 3.63) is 93.7 Å². The Morgan fingerprint density at radius 3 is 2.60 bits per heavy atom. The van der Waals surface area contributed by atoms with Crippen LogP contribution in [0.5, 0.6) is 17.2 Å². The molecule has 1 heterocycles. The van der Waals surface area contributed by atoms with Crippen molar-refractivity contribution >= 4 is 33.6 Å². The van der Waals surface area contributed by atoms with Gasteiger partial charge in [0, 0.05) is 21.7 Å². The second-order valence-electron chi connectivity index (χ2n) is 6.56. The Kier molecular flexibility index (Phi) is 5.68. The Hall–Kier alpha value is -3.38. The summed E-state index contributed by atoms with van der Waals surface area (Å²) in [6.45, 7) is -0.113. The third-order valence-electron chi connectivity index (χ3n) is 4.60. The number of allylic oxidation sites excluding steroid dienone is 1. The largest absolute Gasteiger partial charge is 0.496 e. The van der Waals surface area contributed by atoms with E-state index in [1.165, 1.54) is 0 Å². The van der Waals surface area contributed by atoms with Gasteiger partial charge >= 0.3 is 0 Å². The van der Waals surface area contributed by atoms with E-state index in [0.29, 0.717) is 28.4 Å². The number of halogens is 1. The van der Waals surface area contributed by atoms with Gasteiger partial charge in [-0.2, -0.15) is 0 Å². The van der Waals surface area contributed by atoms with Gasteiger partial charge in [-0.05, 0) is 36.4 Å².